The highest BCUT2D eigenvalue weighted by Gasteiger charge is 2.68. The van der Waals surface area contributed by atoms with Crippen LogP contribution in [0.2, 0.25) is 0 Å². The average molecular weight is 1110 g/mol. The van der Waals surface area contributed by atoms with E-state index in [1.54, 1.807) is 5.38 Å². The number of oxime groups is 2. The molecule has 0 bridgehead atoms. The lowest BCUT2D eigenvalue weighted by atomic mass is 9.98. The van der Waals surface area contributed by atoms with Crippen LogP contribution in [0.4, 0.5) is 10.3 Å². The molecule has 392 valence electrons. The van der Waals surface area contributed by atoms with E-state index in [1.807, 2.05) is 0 Å². The summed E-state index contributed by atoms with van der Waals surface area (Å²) >= 11 is 4.94. The van der Waals surface area contributed by atoms with Crippen molar-refractivity contribution in [3.05, 3.63) is 57.3 Å². The fraction of sp³-hybridized carbons (Fsp3) is 0.463. The van der Waals surface area contributed by atoms with Crippen molar-refractivity contribution in [2.75, 3.05) is 56.8 Å². The Morgan fingerprint density at radius 3 is 1.89 bits per heavy atom. The number of carbonyl (C=O) groups excluding carboxylic acids is 6. The van der Waals surface area contributed by atoms with E-state index in [0.29, 0.717) is 29.2 Å². The summed E-state index contributed by atoms with van der Waals surface area (Å²) < 4.78 is 23.1. The third kappa shape index (κ3) is 9.84. The molecule has 5 fully saturated rings. The smallest absolute Gasteiger partial charge is 0.352 e. The van der Waals surface area contributed by atoms with E-state index in [0.717, 1.165) is 62.9 Å². The Bertz CT molecular complexity index is 2940. The number of nitrogens with one attached hydrogen (secondary N) is 2. The largest absolute Gasteiger partial charge is 0.543 e. The molecular weight excluding hydrogens is 1060 g/mol. The van der Waals surface area contributed by atoms with Gasteiger partial charge in [-0.05, 0) is 19.4 Å². The Labute approximate surface area is 431 Å². The highest BCUT2D eigenvalue weighted by atomic mass is 32.2. The molecule has 0 spiro atoms. The summed E-state index contributed by atoms with van der Waals surface area (Å²) in [7, 11) is -0.175. The first-order chi connectivity index (χ1) is 34.3. The van der Waals surface area contributed by atoms with Gasteiger partial charge in [0, 0.05) is 40.7 Å². The molecule has 5 amide bonds. The lowest BCUT2D eigenvalue weighted by Crippen LogP contribution is -2.71. The molecule has 9 N–H and O–H groups in total. The molecule has 32 heteroatoms. The van der Waals surface area contributed by atoms with E-state index in [-0.39, 0.29) is 50.9 Å². The van der Waals surface area contributed by atoms with Crippen molar-refractivity contribution in [2.45, 2.75) is 72.1 Å². The van der Waals surface area contributed by atoms with Crippen LogP contribution in [0.15, 0.2) is 56.3 Å². The van der Waals surface area contributed by atoms with Crippen molar-refractivity contribution in [1.29, 1.82) is 0 Å². The number of rotatable bonds is 13. The summed E-state index contributed by atoms with van der Waals surface area (Å²) in [5, 5.41) is 52.5. The van der Waals surface area contributed by atoms with Gasteiger partial charge in [0.25, 0.3) is 23.6 Å². The predicted molar refractivity (Wildman–Crippen MR) is 262 cm³/mol. The standard InChI is InChI=1S/C19H24N6O5S2.C14H13N5O5S2.C8H11NO5S/c1-25(5-3-4-6-25)7-10-8-31-17-13(16(27)24(17)14(10)18(28)29)22-15(26)12(23-30-2)11-9-32-19(20)21-11;1-2-5-3-25-12-8(11(21)19(12)9(5)13(22)23)17-10(20)7(18-24)6-4-26-14(15)16-6;1-8(2)6(7(11)12)9-4(10)3-5(9)15(8,13)14/h9,13,17H,3-8H2,1-2H3,(H3-,20,21,22,26,28,29);2,4,8,12,24H,1,3H2,(H2,15,16)(H,17,20)(H,22,23);5-6H,3H2,1-2H3,(H,11,12)/b23-12-;18-7-;/t13-,17-;8-,12-;5-,6+/m111/s1. The second-order valence-corrected chi connectivity index (χ2v) is 24.5. The number of carboxylic acids is 3. The van der Waals surface area contributed by atoms with Gasteiger partial charge in [0.2, 0.25) is 5.91 Å². The zero-order valence-corrected chi connectivity index (χ0v) is 43.2. The second-order valence-electron chi connectivity index (χ2n) is 17.8. The van der Waals surface area contributed by atoms with E-state index >= 15 is 0 Å². The maximum absolute atomic E-state index is 12.9. The van der Waals surface area contributed by atoms with Crippen LogP contribution in [0.25, 0.3) is 0 Å². The minimum atomic E-state index is -3.57. The number of carbonyl (C=O) groups is 8. The third-order valence-electron chi connectivity index (χ3n) is 12.9. The number of thioether (sulfide) groups is 2. The molecule has 9 heterocycles. The first-order valence-corrected chi connectivity index (χ1v) is 27.1. The van der Waals surface area contributed by atoms with Gasteiger partial charge >= 0.3 is 11.9 Å². The zero-order valence-electron chi connectivity index (χ0n) is 39.1. The number of likely N-dealkylation sites (tertiary alicyclic amines) is 1. The molecular formula is C41H48N12O15S5. The van der Waals surface area contributed by atoms with Gasteiger partial charge in [0.05, 0.1) is 43.0 Å². The quantitative estimate of drug-likeness (QED) is 0.0366. The minimum Gasteiger partial charge on any atom is -0.543 e. The number of carboxylic acid groups (broad SMARTS) is 3. The van der Waals surface area contributed by atoms with Crippen molar-refractivity contribution in [3.8, 4) is 0 Å². The number of nitrogens with two attached hydrogens (primary N) is 2. The van der Waals surface area contributed by atoms with E-state index in [2.05, 4.69) is 44.5 Å². The molecule has 7 aliphatic rings. The monoisotopic (exact) mass is 1110 g/mol. The summed E-state index contributed by atoms with van der Waals surface area (Å²) in [5.41, 5.74) is 11.9. The molecule has 9 rings (SSSR count). The molecule has 5 saturated heterocycles. The average Bonchev–Trinajstić information content (AvgIpc) is 4.11. The number of hydrogen-bond acceptors (Lipinski definition) is 23. The van der Waals surface area contributed by atoms with Crippen LogP contribution < -0.4 is 27.2 Å². The molecule has 2 aromatic heterocycles. The number of sulfone groups is 1. The van der Waals surface area contributed by atoms with Crippen molar-refractivity contribution >= 4 is 125 Å². The number of aliphatic carboxylic acids is 3. The van der Waals surface area contributed by atoms with Crippen molar-refractivity contribution in [2.24, 2.45) is 10.3 Å². The Morgan fingerprint density at radius 2 is 1.45 bits per heavy atom. The van der Waals surface area contributed by atoms with Crippen LogP contribution >= 0.6 is 46.2 Å². The molecule has 0 unspecified atom stereocenters. The maximum Gasteiger partial charge on any atom is 0.352 e. The van der Waals surface area contributed by atoms with Gasteiger partial charge in [-0.1, -0.05) is 23.0 Å². The summed E-state index contributed by atoms with van der Waals surface area (Å²) in [4.78, 5) is 112. The number of quaternary nitrogens is 1. The molecule has 0 radical (unpaired) electrons. The number of amides is 5. The highest BCUT2D eigenvalue weighted by molar-refractivity contribution is 8.00. The molecule has 73 heavy (non-hydrogen) atoms. The van der Waals surface area contributed by atoms with E-state index in [4.69, 9.17) is 26.6 Å². The van der Waals surface area contributed by atoms with E-state index < -0.39 is 96.3 Å². The minimum absolute atomic E-state index is 0.0615. The van der Waals surface area contributed by atoms with Crippen molar-refractivity contribution < 1.29 is 76.6 Å². The van der Waals surface area contributed by atoms with Crippen LogP contribution in [-0.4, -0.2) is 196 Å². The van der Waals surface area contributed by atoms with Crippen LogP contribution in [0, 0.1) is 0 Å². The topological polar surface area (TPSA) is 400 Å². The number of anilines is 2. The van der Waals surface area contributed by atoms with Gasteiger partial charge in [-0.2, -0.15) is 0 Å². The molecule has 2 aromatic rings. The summed E-state index contributed by atoms with van der Waals surface area (Å²) in [5.74, 6) is -6.00. The first-order valence-electron chi connectivity index (χ1n) is 21.7. The molecule has 7 aliphatic heterocycles. The number of β-lactam (4-membered cyclic amide) rings is 3. The van der Waals surface area contributed by atoms with Gasteiger partial charge in [-0.25, -0.2) is 28.0 Å². The Hall–Kier alpha value is -6.61. The lowest BCUT2D eigenvalue weighted by Gasteiger charge is -2.51. The highest BCUT2D eigenvalue weighted by Crippen LogP contribution is 2.46. The number of allylic oxidation sites excluding steroid dienone is 1. The maximum atomic E-state index is 12.9. The van der Waals surface area contributed by atoms with Crippen molar-refractivity contribution in [3.63, 3.8) is 0 Å². The SMILES string of the molecule is C=CC1=C(C(=O)O)N2C(=O)[C@@H](NC(=O)/C(=N\O)c3csc(N)n3)[C@H]2SC1.CC1(C)[C@H](C(=O)O)N2C(=O)C[C@H]2S1(=O)=O.CO/N=C(\C(=O)N[C@@H]1C(=O)N2C(C(=O)[O-])=C(C[N+]3(C)CCCC3)CS[C@H]12)c1csc(N)n1. The van der Waals surface area contributed by atoms with E-state index in [1.165, 1.54) is 60.8 Å². The van der Waals surface area contributed by atoms with Gasteiger partial charge in [0.15, 0.2) is 31.5 Å². The van der Waals surface area contributed by atoms with E-state index in [9.17, 15) is 57.0 Å². The second kappa shape index (κ2) is 20.7. The Balaban J connectivity index is 0.000000170. The normalized spacial score (nSPS) is 26.2. The fourth-order valence-electron chi connectivity index (χ4n) is 9.26. The summed E-state index contributed by atoms with van der Waals surface area (Å²) in [6.07, 6.45) is 3.52. The fourth-order valence-corrected chi connectivity index (χ4v) is 15.2. The van der Waals surface area contributed by atoms with Gasteiger partial charge in [-0.15, -0.1) is 46.2 Å². The third-order valence-corrected chi connectivity index (χ3v) is 19.7. The lowest BCUT2D eigenvalue weighted by molar-refractivity contribution is -0.893. The van der Waals surface area contributed by atoms with Crippen LogP contribution in [0.3, 0.4) is 0 Å². The molecule has 0 aliphatic carbocycles. The first kappa shape index (κ1) is 54.2. The predicted octanol–water partition coefficient (Wildman–Crippen LogP) is -2.25. The number of fused-ring (bicyclic) bond motifs is 3. The summed E-state index contributed by atoms with van der Waals surface area (Å²) in [6.45, 7) is 8.80. The number of likely N-dealkylation sites (N-methyl/N-ethyl adjacent to an activating group) is 1. The number of thiazole rings is 2. The Kier molecular flexibility index (Phi) is 15.4. The number of aromatic nitrogens is 2. The van der Waals surface area contributed by atoms with Crippen molar-refractivity contribution in [1.82, 2.24) is 35.3 Å². The van der Waals surface area contributed by atoms with Crippen LogP contribution in [0.1, 0.15) is 44.5 Å². The number of hydrogen-bond donors (Lipinski definition) is 7. The molecule has 6 atom stereocenters. The van der Waals surface area contributed by atoms with Gasteiger partial charge in [0.1, 0.15) is 65.0 Å². The van der Waals surface area contributed by atoms with Crippen LogP contribution in [0.5, 0.6) is 0 Å². The number of nitrogens with zero attached hydrogens (tertiary/aromatic N) is 8. The van der Waals surface area contributed by atoms with Gasteiger partial charge < -0.3 is 61.6 Å². The zero-order chi connectivity index (χ0) is 53.6. The molecule has 27 nitrogen and oxygen atoms in total. The Morgan fingerprint density at radius 1 is 0.932 bits per heavy atom. The molecule has 0 aromatic carbocycles. The number of nitrogen functional groups attached to an aromatic ring is 2. The van der Waals surface area contributed by atoms with Crippen LogP contribution in [-0.2, 0) is 53.0 Å². The molecule has 0 saturated carbocycles. The summed E-state index contributed by atoms with van der Waals surface area (Å²) in [6, 6.07) is -3.09. The van der Waals surface area contributed by atoms with Gasteiger partial charge in [-0.3, -0.25) is 33.8 Å².